The van der Waals surface area contributed by atoms with Crippen molar-refractivity contribution in [3.05, 3.63) is 0 Å². The predicted molar refractivity (Wildman–Crippen MR) is 58.7 cm³/mol. The summed E-state index contributed by atoms with van der Waals surface area (Å²) >= 11 is 0. The van der Waals surface area contributed by atoms with Crippen molar-refractivity contribution in [2.45, 2.75) is 58.1 Å². The molecule has 1 fully saturated rings. The molecule has 15 heavy (non-hydrogen) atoms. The number of aliphatic hydroxyl groups is 1. The molecule has 0 bridgehead atoms. The van der Waals surface area contributed by atoms with E-state index in [2.05, 4.69) is 12.2 Å². The highest BCUT2D eigenvalue weighted by Crippen LogP contribution is 2.17. The molecule has 2 unspecified atom stereocenters. The van der Waals surface area contributed by atoms with E-state index < -0.39 is 5.79 Å². The van der Waals surface area contributed by atoms with Gasteiger partial charge in [-0.2, -0.15) is 0 Å². The van der Waals surface area contributed by atoms with E-state index in [1.165, 1.54) is 0 Å². The highest BCUT2D eigenvalue weighted by molar-refractivity contribution is 4.76. The van der Waals surface area contributed by atoms with E-state index in [0.717, 1.165) is 6.42 Å². The molecule has 1 aliphatic heterocycles. The van der Waals surface area contributed by atoms with E-state index in [4.69, 9.17) is 9.47 Å². The fraction of sp³-hybridized carbons (Fsp3) is 1.00. The molecule has 0 aliphatic carbocycles. The van der Waals surface area contributed by atoms with Gasteiger partial charge in [-0.1, -0.05) is 0 Å². The van der Waals surface area contributed by atoms with Crippen LogP contribution >= 0.6 is 0 Å². The van der Waals surface area contributed by atoms with Crippen LogP contribution in [0.5, 0.6) is 0 Å². The van der Waals surface area contributed by atoms with Crippen LogP contribution in [0.15, 0.2) is 0 Å². The summed E-state index contributed by atoms with van der Waals surface area (Å²) in [7, 11) is 0. The number of aliphatic hydroxyl groups excluding tert-OH is 1. The maximum absolute atomic E-state index is 9.23. The number of ether oxygens (including phenoxy) is 2. The first kappa shape index (κ1) is 12.9. The Kier molecular flexibility index (Phi) is 4.52. The summed E-state index contributed by atoms with van der Waals surface area (Å²) in [6.07, 6.45) is 0.481. The molecule has 0 saturated carbocycles. The SMILES string of the molecule is CC(O)CC(C)NC1COC(C)(C)OC1. The Hall–Kier alpha value is -0.160. The molecule has 2 atom stereocenters. The monoisotopic (exact) mass is 217 g/mol. The van der Waals surface area contributed by atoms with Crippen LogP contribution in [-0.4, -0.2) is 42.3 Å². The Morgan fingerprint density at radius 3 is 2.33 bits per heavy atom. The summed E-state index contributed by atoms with van der Waals surface area (Å²) in [5.41, 5.74) is 0. The topological polar surface area (TPSA) is 50.7 Å². The summed E-state index contributed by atoms with van der Waals surface area (Å²) in [6.45, 7) is 9.03. The maximum atomic E-state index is 9.23. The lowest BCUT2D eigenvalue weighted by atomic mass is 10.1. The third-order valence-corrected chi connectivity index (χ3v) is 2.48. The van der Waals surface area contributed by atoms with E-state index >= 15 is 0 Å². The van der Waals surface area contributed by atoms with Gasteiger partial charge in [-0.15, -0.1) is 0 Å². The third kappa shape index (κ3) is 4.93. The smallest absolute Gasteiger partial charge is 0.162 e. The summed E-state index contributed by atoms with van der Waals surface area (Å²) in [6, 6.07) is 0.509. The van der Waals surface area contributed by atoms with E-state index in [1.54, 1.807) is 6.92 Å². The number of hydrogen-bond donors (Lipinski definition) is 2. The molecule has 0 amide bonds. The van der Waals surface area contributed by atoms with Gasteiger partial charge in [-0.3, -0.25) is 0 Å². The molecule has 0 spiro atoms. The van der Waals surface area contributed by atoms with Crippen molar-refractivity contribution in [1.82, 2.24) is 5.32 Å². The van der Waals surface area contributed by atoms with Crippen LogP contribution < -0.4 is 5.32 Å². The van der Waals surface area contributed by atoms with Crippen LogP contribution in [-0.2, 0) is 9.47 Å². The van der Waals surface area contributed by atoms with Gasteiger partial charge in [0.15, 0.2) is 5.79 Å². The van der Waals surface area contributed by atoms with E-state index in [0.29, 0.717) is 13.2 Å². The molecule has 1 saturated heterocycles. The summed E-state index contributed by atoms with van der Waals surface area (Å²) in [4.78, 5) is 0. The minimum Gasteiger partial charge on any atom is -0.393 e. The molecular formula is C11H23NO3. The standard InChI is InChI=1S/C11H23NO3/c1-8(5-9(2)13)12-10-6-14-11(3,4)15-7-10/h8-10,12-13H,5-7H2,1-4H3. The average molecular weight is 217 g/mol. The molecule has 0 radical (unpaired) electrons. The van der Waals surface area contributed by atoms with E-state index in [-0.39, 0.29) is 18.2 Å². The largest absolute Gasteiger partial charge is 0.393 e. The van der Waals surface area contributed by atoms with Crippen molar-refractivity contribution in [1.29, 1.82) is 0 Å². The zero-order valence-corrected chi connectivity index (χ0v) is 10.1. The molecule has 4 heteroatoms. The minimum absolute atomic E-state index is 0.228. The van der Waals surface area contributed by atoms with Gasteiger partial charge < -0.3 is 19.9 Å². The van der Waals surface area contributed by atoms with Crippen LogP contribution in [0.3, 0.4) is 0 Å². The zero-order valence-electron chi connectivity index (χ0n) is 10.1. The second kappa shape index (κ2) is 5.25. The van der Waals surface area contributed by atoms with E-state index in [1.807, 2.05) is 13.8 Å². The first-order valence-corrected chi connectivity index (χ1v) is 5.61. The third-order valence-electron chi connectivity index (χ3n) is 2.48. The highest BCUT2D eigenvalue weighted by atomic mass is 16.7. The molecule has 1 aliphatic rings. The lowest BCUT2D eigenvalue weighted by Gasteiger charge is -2.36. The normalized spacial score (nSPS) is 26.2. The lowest BCUT2D eigenvalue weighted by Crippen LogP contribution is -2.51. The Labute approximate surface area is 92.0 Å². The maximum Gasteiger partial charge on any atom is 0.162 e. The fourth-order valence-electron chi connectivity index (χ4n) is 1.77. The van der Waals surface area contributed by atoms with Gasteiger partial charge in [0, 0.05) is 6.04 Å². The molecule has 0 aromatic heterocycles. The number of rotatable bonds is 4. The van der Waals surface area contributed by atoms with Crippen LogP contribution in [0.4, 0.5) is 0 Å². The molecule has 1 rings (SSSR count). The van der Waals surface area contributed by atoms with Gasteiger partial charge in [0.25, 0.3) is 0 Å². The van der Waals surface area contributed by atoms with Crippen molar-refractivity contribution in [3.63, 3.8) is 0 Å². The van der Waals surface area contributed by atoms with Gasteiger partial charge in [-0.05, 0) is 34.1 Å². The van der Waals surface area contributed by atoms with Gasteiger partial charge in [0.2, 0.25) is 0 Å². The molecule has 1 heterocycles. The van der Waals surface area contributed by atoms with Crippen LogP contribution in [0, 0.1) is 0 Å². The number of hydrogen-bond acceptors (Lipinski definition) is 4. The van der Waals surface area contributed by atoms with Crippen molar-refractivity contribution < 1.29 is 14.6 Å². The Morgan fingerprint density at radius 2 is 1.87 bits per heavy atom. The summed E-state index contributed by atoms with van der Waals surface area (Å²) in [5, 5.41) is 12.6. The first-order chi connectivity index (χ1) is 6.89. The van der Waals surface area contributed by atoms with Gasteiger partial charge in [-0.25, -0.2) is 0 Å². The van der Waals surface area contributed by atoms with Gasteiger partial charge in [0.05, 0.1) is 25.4 Å². The second-order valence-electron chi connectivity index (χ2n) is 4.87. The highest BCUT2D eigenvalue weighted by Gasteiger charge is 2.28. The second-order valence-corrected chi connectivity index (χ2v) is 4.87. The zero-order chi connectivity index (χ0) is 11.5. The minimum atomic E-state index is -0.453. The molecule has 4 nitrogen and oxygen atoms in total. The van der Waals surface area contributed by atoms with Crippen molar-refractivity contribution in [2.24, 2.45) is 0 Å². The average Bonchev–Trinajstić information content (AvgIpc) is 2.07. The molecule has 0 aromatic rings. The predicted octanol–water partition coefficient (Wildman–Crippen LogP) is 0.887. The van der Waals surface area contributed by atoms with Crippen LogP contribution in [0.1, 0.15) is 34.1 Å². The fourth-order valence-corrected chi connectivity index (χ4v) is 1.77. The van der Waals surface area contributed by atoms with Gasteiger partial charge in [0.1, 0.15) is 0 Å². The molecule has 90 valence electrons. The van der Waals surface area contributed by atoms with Crippen molar-refractivity contribution in [2.75, 3.05) is 13.2 Å². The van der Waals surface area contributed by atoms with Crippen LogP contribution in [0.25, 0.3) is 0 Å². The Morgan fingerprint density at radius 1 is 1.33 bits per heavy atom. The summed E-state index contributed by atoms with van der Waals surface area (Å²) < 4.78 is 11.1. The number of nitrogens with one attached hydrogen (secondary N) is 1. The summed E-state index contributed by atoms with van der Waals surface area (Å²) in [5.74, 6) is -0.453. The Bertz CT molecular complexity index is 184. The first-order valence-electron chi connectivity index (χ1n) is 5.61. The lowest BCUT2D eigenvalue weighted by molar-refractivity contribution is -0.253. The van der Waals surface area contributed by atoms with E-state index in [9.17, 15) is 5.11 Å². The Balaban J connectivity index is 2.23. The van der Waals surface area contributed by atoms with Crippen molar-refractivity contribution in [3.8, 4) is 0 Å². The van der Waals surface area contributed by atoms with Gasteiger partial charge >= 0.3 is 0 Å². The quantitative estimate of drug-likeness (QED) is 0.734. The molecular weight excluding hydrogens is 194 g/mol. The van der Waals surface area contributed by atoms with Crippen LogP contribution in [0.2, 0.25) is 0 Å². The van der Waals surface area contributed by atoms with Crippen molar-refractivity contribution >= 4 is 0 Å². The molecule has 2 N–H and O–H groups in total. The molecule has 0 aromatic carbocycles.